The second-order valence-corrected chi connectivity index (χ2v) is 2.62. The Balaban J connectivity index is 3.50. The van der Waals surface area contributed by atoms with E-state index in [0.29, 0.717) is 13.1 Å². The zero-order valence-corrected chi connectivity index (χ0v) is 7.76. The Morgan fingerprint density at radius 2 is 1.92 bits per heavy atom. The number of rotatable bonds is 4. The molecule has 2 N–H and O–H groups in total. The first kappa shape index (κ1) is 11.4. The molecular weight excluding hydrogens is 170 g/mol. The van der Waals surface area contributed by atoms with E-state index in [-0.39, 0.29) is 11.8 Å². The minimum atomic E-state index is -0.641. The van der Waals surface area contributed by atoms with Gasteiger partial charge in [0.2, 0.25) is 11.8 Å². The summed E-state index contributed by atoms with van der Waals surface area (Å²) in [4.78, 5) is 21.4. The lowest BCUT2D eigenvalue weighted by Gasteiger charge is -2.05. The molecule has 0 radical (unpaired) electrons. The maximum Gasteiger partial charge on any atom is 0.237 e. The largest absolute Gasteiger partial charge is 0.355 e. The molecule has 1 atom stereocenters. The third kappa shape index (κ3) is 5.67. The molecule has 0 rings (SSSR count). The highest BCUT2D eigenvalue weighted by atomic mass is 16.2. The highest BCUT2D eigenvalue weighted by Crippen LogP contribution is 1.89. The molecule has 0 aromatic carbocycles. The summed E-state index contributed by atoms with van der Waals surface area (Å²) in [5, 5.41) is 13.4. The molecule has 0 aliphatic carbocycles. The van der Waals surface area contributed by atoms with E-state index in [9.17, 15) is 9.59 Å². The topological polar surface area (TPSA) is 82.0 Å². The Kier molecular flexibility index (Phi) is 5.28. The van der Waals surface area contributed by atoms with E-state index in [0.717, 1.165) is 0 Å². The van der Waals surface area contributed by atoms with E-state index < -0.39 is 5.92 Å². The van der Waals surface area contributed by atoms with Crippen LogP contribution in [0.4, 0.5) is 0 Å². The summed E-state index contributed by atoms with van der Waals surface area (Å²) in [7, 11) is 0. The molecular formula is C8H13N3O2. The molecule has 72 valence electrons. The van der Waals surface area contributed by atoms with Crippen LogP contribution in [0.1, 0.15) is 13.8 Å². The van der Waals surface area contributed by atoms with Crippen molar-refractivity contribution in [1.29, 1.82) is 5.26 Å². The molecule has 0 spiro atoms. The smallest absolute Gasteiger partial charge is 0.237 e. The zero-order chi connectivity index (χ0) is 10.3. The fraction of sp³-hybridized carbons (Fsp3) is 0.625. The van der Waals surface area contributed by atoms with Crippen molar-refractivity contribution < 1.29 is 9.59 Å². The highest BCUT2D eigenvalue weighted by Gasteiger charge is 2.09. The number of hydrogen-bond acceptors (Lipinski definition) is 3. The second kappa shape index (κ2) is 6.00. The van der Waals surface area contributed by atoms with E-state index in [1.165, 1.54) is 13.8 Å². The van der Waals surface area contributed by atoms with Crippen LogP contribution in [0.15, 0.2) is 0 Å². The fourth-order valence-electron chi connectivity index (χ4n) is 0.636. The lowest BCUT2D eigenvalue weighted by Crippen LogP contribution is -2.35. The number of nitriles is 1. The molecule has 0 heterocycles. The van der Waals surface area contributed by atoms with Gasteiger partial charge in [0.15, 0.2) is 0 Å². The van der Waals surface area contributed by atoms with Crippen molar-refractivity contribution in [2.75, 3.05) is 13.1 Å². The van der Waals surface area contributed by atoms with Gasteiger partial charge in [0.25, 0.3) is 0 Å². The van der Waals surface area contributed by atoms with Crippen LogP contribution in [0.5, 0.6) is 0 Å². The Morgan fingerprint density at radius 1 is 1.38 bits per heavy atom. The van der Waals surface area contributed by atoms with E-state index in [1.807, 2.05) is 6.07 Å². The third-order valence-corrected chi connectivity index (χ3v) is 1.39. The van der Waals surface area contributed by atoms with Gasteiger partial charge in [-0.1, -0.05) is 0 Å². The normalized spacial score (nSPS) is 11.2. The van der Waals surface area contributed by atoms with Gasteiger partial charge in [-0.15, -0.1) is 0 Å². The van der Waals surface area contributed by atoms with E-state index in [1.54, 1.807) is 0 Å². The molecule has 5 heteroatoms. The van der Waals surface area contributed by atoms with Crippen LogP contribution in [0.3, 0.4) is 0 Å². The number of nitrogens with one attached hydrogen (secondary N) is 2. The molecule has 0 saturated carbocycles. The first-order valence-electron chi connectivity index (χ1n) is 3.99. The molecule has 0 aliphatic heterocycles. The summed E-state index contributed by atoms with van der Waals surface area (Å²) in [6.45, 7) is 3.66. The predicted molar refractivity (Wildman–Crippen MR) is 46.5 cm³/mol. The Hall–Kier alpha value is -1.57. The molecule has 0 aromatic heterocycles. The van der Waals surface area contributed by atoms with Crippen molar-refractivity contribution in [2.45, 2.75) is 13.8 Å². The third-order valence-electron chi connectivity index (χ3n) is 1.39. The van der Waals surface area contributed by atoms with Gasteiger partial charge >= 0.3 is 0 Å². The standard InChI is InChI=1S/C8H13N3O2/c1-6(5-9)8(13)11-4-3-10-7(2)12/h6H,3-4H2,1-2H3,(H,10,12)(H,11,13). The van der Waals surface area contributed by atoms with Crippen molar-refractivity contribution in [3.05, 3.63) is 0 Å². The van der Waals surface area contributed by atoms with Gasteiger partial charge in [0.05, 0.1) is 6.07 Å². The van der Waals surface area contributed by atoms with E-state index >= 15 is 0 Å². The minimum absolute atomic E-state index is 0.136. The van der Waals surface area contributed by atoms with Crippen LogP contribution in [0.25, 0.3) is 0 Å². The molecule has 1 unspecified atom stereocenters. The summed E-state index contributed by atoms with van der Waals surface area (Å²) in [5.74, 6) is -1.09. The van der Waals surface area contributed by atoms with Gasteiger partial charge in [0.1, 0.15) is 5.92 Å². The van der Waals surface area contributed by atoms with Crippen molar-refractivity contribution in [3.63, 3.8) is 0 Å². The number of carbonyl (C=O) groups is 2. The molecule has 13 heavy (non-hydrogen) atoms. The Labute approximate surface area is 77.1 Å². The van der Waals surface area contributed by atoms with Gasteiger partial charge in [-0.25, -0.2) is 0 Å². The first-order valence-corrected chi connectivity index (χ1v) is 3.99. The Bertz CT molecular complexity index is 232. The Morgan fingerprint density at radius 3 is 2.38 bits per heavy atom. The lowest BCUT2D eigenvalue weighted by atomic mass is 10.2. The molecule has 0 fully saturated rings. The SMILES string of the molecule is CC(=O)NCCNC(=O)C(C)C#N. The van der Waals surface area contributed by atoms with E-state index in [4.69, 9.17) is 5.26 Å². The molecule has 0 bridgehead atoms. The zero-order valence-electron chi connectivity index (χ0n) is 7.76. The maximum absolute atomic E-state index is 11.0. The molecule has 0 aromatic rings. The summed E-state index contributed by atoms with van der Waals surface area (Å²) in [5.41, 5.74) is 0. The maximum atomic E-state index is 11.0. The van der Waals surface area contributed by atoms with Gasteiger partial charge in [-0.05, 0) is 6.92 Å². The molecule has 2 amide bonds. The van der Waals surface area contributed by atoms with Crippen LogP contribution in [-0.4, -0.2) is 24.9 Å². The average Bonchev–Trinajstić information content (AvgIpc) is 2.10. The molecule has 0 saturated heterocycles. The van der Waals surface area contributed by atoms with Gasteiger partial charge < -0.3 is 10.6 Å². The van der Waals surface area contributed by atoms with Crippen LogP contribution in [-0.2, 0) is 9.59 Å². The highest BCUT2D eigenvalue weighted by molar-refractivity contribution is 5.80. The summed E-state index contributed by atoms with van der Waals surface area (Å²) in [6.07, 6.45) is 0. The van der Waals surface area contributed by atoms with Crippen molar-refractivity contribution in [3.8, 4) is 6.07 Å². The predicted octanol–water partition coefficient (Wildman–Crippen LogP) is -0.602. The van der Waals surface area contributed by atoms with E-state index in [2.05, 4.69) is 10.6 Å². The number of carbonyl (C=O) groups excluding carboxylic acids is 2. The summed E-state index contributed by atoms with van der Waals surface area (Å²) >= 11 is 0. The number of hydrogen-bond donors (Lipinski definition) is 2. The molecule has 0 aliphatic rings. The van der Waals surface area contributed by atoms with Crippen LogP contribution >= 0.6 is 0 Å². The van der Waals surface area contributed by atoms with Crippen LogP contribution in [0.2, 0.25) is 0 Å². The fourth-order valence-corrected chi connectivity index (χ4v) is 0.636. The van der Waals surface area contributed by atoms with Gasteiger partial charge in [-0.3, -0.25) is 9.59 Å². The minimum Gasteiger partial charge on any atom is -0.355 e. The quantitative estimate of drug-likeness (QED) is 0.571. The van der Waals surface area contributed by atoms with Gasteiger partial charge in [0, 0.05) is 20.0 Å². The summed E-state index contributed by atoms with van der Waals surface area (Å²) < 4.78 is 0. The first-order chi connectivity index (χ1) is 6.07. The van der Waals surface area contributed by atoms with Crippen LogP contribution in [0, 0.1) is 17.2 Å². The van der Waals surface area contributed by atoms with Gasteiger partial charge in [-0.2, -0.15) is 5.26 Å². The number of nitrogens with zero attached hydrogens (tertiary/aromatic N) is 1. The molecule has 5 nitrogen and oxygen atoms in total. The average molecular weight is 183 g/mol. The van der Waals surface area contributed by atoms with Crippen molar-refractivity contribution >= 4 is 11.8 Å². The second-order valence-electron chi connectivity index (χ2n) is 2.62. The summed E-state index contributed by atoms with van der Waals surface area (Å²) in [6, 6.07) is 1.81. The van der Waals surface area contributed by atoms with Crippen molar-refractivity contribution in [2.24, 2.45) is 5.92 Å². The lowest BCUT2D eigenvalue weighted by molar-refractivity contribution is -0.123. The van der Waals surface area contributed by atoms with Crippen LogP contribution < -0.4 is 10.6 Å². The number of amides is 2. The van der Waals surface area contributed by atoms with Crippen molar-refractivity contribution in [1.82, 2.24) is 10.6 Å². The monoisotopic (exact) mass is 183 g/mol.